The van der Waals surface area contributed by atoms with E-state index >= 15 is 0 Å². The Morgan fingerprint density at radius 2 is 1.95 bits per heavy atom. The third kappa shape index (κ3) is 3.94. The van der Waals surface area contributed by atoms with Crippen LogP contribution in [0.1, 0.15) is 52.6 Å². The fourth-order valence-electron chi connectivity index (χ4n) is 2.92. The van der Waals surface area contributed by atoms with Crippen LogP contribution in [0.3, 0.4) is 0 Å². The van der Waals surface area contributed by atoms with Crippen molar-refractivity contribution >= 4 is 6.03 Å². The molecular weight excluding hydrogens is 266 g/mol. The molecule has 1 fully saturated rings. The topological polar surface area (TPSA) is 63.2 Å². The number of amides is 2. The Morgan fingerprint density at radius 3 is 2.48 bits per heavy atom. The number of hydrogen-bond donors (Lipinski definition) is 2. The zero-order valence-electron chi connectivity index (χ0n) is 13.4. The zero-order chi connectivity index (χ0) is 15.7. The van der Waals surface area contributed by atoms with Crippen molar-refractivity contribution in [3.05, 3.63) is 30.1 Å². The number of ether oxygens (including phenoxy) is 1. The van der Waals surface area contributed by atoms with Gasteiger partial charge in [-0.15, -0.1) is 0 Å². The van der Waals surface area contributed by atoms with Gasteiger partial charge in [-0.25, -0.2) is 4.79 Å². The molecule has 5 nitrogen and oxygen atoms in total. The van der Waals surface area contributed by atoms with Gasteiger partial charge < -0.3 is 15.4 Å². The van der Waals surface area contributed by atoms with E-state index in [0.717, 1.165) is 12.0 Å². The maximum absolute atomic E-state index is 12.2. The van der Waals surface area contributed by atoms with Gasteiger partial charge in [0.25, 0.3) is 0 Å². The minimum atomic E-state index is -0.360. The molecule has 21 heavy (non-hydrogen) atoms. The smallest absolute Gasteiger partial charge is 0.315 e. The third-order valence-corrected chi connectivity index (χ3v) is 3.93. The first-order valence-electron chi connectivity index (χ1n) is 7.37. The Bertz CT molecular complexity index is 500. The van der Waals surface area contributed by atoms with E-state index in [9.17, 15) is 4.79 Å². The molecule has 5 heteroatoms. The number of rotatable bonds is 3. The molecule has 0 aromatic carbocycles. The summed E-state index contributed by atoms with van der Waals surface area (Å²) >= 11 is 0. The van der Waals surface area contributed by atoms with Crippen LogP contribution in [-0.4, -0.2) is 28.3 Å². The lowest BCUT2D eigenvalue weighted by molar-refractivity contribution is -0.0690. The van der Waals surface area contributed by atoms with Gasteiger partial charge in [0.05, 0.1) is 23.3 Å². The number of carbonyl (C=O) groups is 1. The molecule has 1 saturated heterocycles. The van der Waals surface area contributed by atoms with E-state index in [2.05, 4.69) is 15.6 Å². The van der Waals surface area contributed by atoms with Gasteiger partial charge in [0, 0.05) is 12.4 Å². The van der Waals surface area contributed by atoms with Crippen LogP contribution >= 0.6 is 0 Å². The van der Waals surface area contributed by atoms with Crippen molar-refractivity contribution in [3.8, 4) is 0 Å². The molecule has 2 atom stereocenters. The minimum Gasteiger partial charge on any atom is -0.367 e. The summed E-state index contributed by atoms with van der Waals surface area (Å²) in [4.78, 5) is 16.2. The first-order chi connectivity index (χ1) is 9.70. The number of nitrogens with one attached hydrogen (secondary N) is 2. The Labute approximate surface area is 126 Å². The van der Waals surface area contributed by atoms with Gasteiger partial charge in [0.1, 0.15) is 0 Å². The molecule has 0 saturated carbocycles. The van der Waals surface area contributed by atoms with Crippen LogP contribution in [0.5, 0.6) is 0 Å². The van der Waals surface area contributed by atoms with E-state index < -0.39 is 0 Å². The van der Waals surface area contributed by atoms with Gasteiger partial charge in [0.15, 0.2) is 0 Å². The van der Waals surface area contributed by atoms with Gasteiger partial charge in [-0.2, -0.15) is 0 Å². The number of carbonyl (C=O) groups excluding carboxylic acids is 1. The average Bonchev–Trinajstić information content (AvgIpc) is 2.57. The molecule has 1 aromatic rings. The fourth-order valence-corrected chi connectivity index (χ4v) is 2.92. The molecule has 0 radical (unpaired) electrons. The number of nitrogens with zero attached hydrogens (tertiary/aromatic N) is 1. The molecule has 1 aromatic heterocycles. The van der Waals surface area contributed by atoms with Gasteiger partial charge >= 0.3 is 6.03 Å². The summed E-state index contributed by atoms with van der Waals surface area (Å²) in [6, 6.07) is 3.56. The summed E-state index contributed by atoms with van der Waals surface area (Å²) < 4.78 is 5.99. The van der Waals surface area contributed by atoms with E-state index in [4.69, 9.17) is 4.74 Å². The highest BCUT2D eigenvalue weighted by Crippen LogP contribution is 2.37. The molecule has 0 spiro atoms. The van der Waals surface area contributed by atoms with Crippen LogP contribution in [0.2, 0.25) is 0 Å². The van der Waals surface area contributed by atoms with Crippen LogP contribution in [0.25, 0.3) is 0 Å². The van der Waals surface area contributed by atoms with Gasteiger partial charge in [0.2, 0.25) is 0 Å². The third-order valence-electron chi connectivity index (χ3n) is 3.93. The van der Waals surface area contributed by atoms with Crippen LogP contribution in [0, 0.1) is 0 Å². The molecule has 0 aliphatic carbocycles. The number of aromatic nitrogens is 1. The molecule has 2 N–H and O–H groups in total. The van der Waals surface area contributed by atoms with Crippen LogP contribution in [0.4, 0.5) is 4.79 Å². The molecule has 2 amide bonds. The summed E-state index contributed by atoms with van der Waals surface area (Å²) in [6.07, 6.45) is 4.25. The van der Waals surface area contributed by atoms with Crippen molar-refractivity contribution in [2.75, 3.05) is 0 Å². The maximum Gasteiger partial charge on any atom is 0.315 e. The van der Waals surface area contributed by atoms with E-state index in [1.807, 2.05) is 46.8 Å². The van der Waals surface area contributed by atoms with Crippen molar-refractivity contribution in [3.63, 3.8) is 0 Å². The molecule has 1 aliphatic rings. The van der Waals surface area contributed by atoms with Crippen molar-refractivity contribution in [1.82, 2.24) is 15.6 Å². The maximum atomic E-state index is 12.2. The lowest BCUT2D eigenvalue weighted by Gasteiger charge is -2.28. The first-order valence-corrected chi connectivity index (χ1v) is 7.37. The SMILES string of the molecule is C[C@H](NC(=O)N[C@H]1CC(C)(C)OC1(C)C)c1ccncc1. The second kappa shape index (κ2) is 5.64. The van der Waals surface area contributed by atoms with E-state index in [-0.39, 0.29) is 29.3 Å². The average molecular weight is 291 g/mol. The van der Waals surface area contributed by atoms with Crippen molar-refractivity contribution in [2.24, 2.45) is 0 Å². The first kappa shape index (κ1) is 15.8. The highest BCUT2D eigenvalue weighted by atomic mass is 16.5. The second-order valence-electron chi connectivity index (χ2n) is 6.84. The van der Waals surface area contributed by atoms with E-state index in [0.29, 0.717) is 0 Å². The summed E-state index contributed by atoms with van der Waals surface area (Å²) in [5.41, 5.74) is 0.459. The molecule has 1 aliphatic heterocycles. The number of pyridine rings is 1. The van der Waals surface area contributed by atoms with Crippen molar-refractivity contribution in [1.29, 1.82) is 0 Å². The molecule has 0 bridgehead atoms. The predicted molar refractivity (Wildman–Crippen MR) is 82.0 cm³/mol. The largest absolute Gasteiger partial charge is 0.367 e. The molecule has 2 rings (SSSR count). The standard InChI is InChI=1S/C16H25N3O2/c1-11(12-6-8-17-9-7-12)18-14(20)19-13-10-15(2,3)21-16(13,4)5/h6-9,11,13H,10H2,1-5H3,(H2,18,19,20)/t11-,13-/m0/s1. The van der Waals surface area contributed by atoms with Crippen LogP contribution in [0.15, 0.2) is 24.5 Å². The Morgan fingerprint density at radius 1 is 1.33 bits per heavy atom. The number of urea groups is 1. The number of hydrogen-bond acceptors (Lipinski definition) is 3. The predicted octanol–water partition coefficient (Wildman–Crippen LogP) is 2.79. The zero-order valence-corrected chi connectivity index (χ0v) is 13.4. The monoisotopic (exact) mass is 291 g/mol. The molecular formula is C16H25N3O2. The molecule has 0 unspecified atom stereocenters. The second-order valence-corrected chi connectivity index (χ2v) is 6.84. The van der Waals surface area contributed by atoms with Crippen molar-refractivity contribution in [2.45, 2.75) is 64.3 Å². The van der Waals surface area contributed by atoms with Crippen LogP contribution in [-0.2, 0) is 4.74 Å². The molecule has 2 heterocycles. The summed E-state index contributed by atoms with van der Waals surface area (Å²) in [5.74, 6) is 0. The van der Waals surface area contributed by atoms with Gasteiger partial charge in [-0.3, -0.25) is 4.98 Å². The Kier molecular flexibility index (Phi) is 4.23. The van der Waals surface area contributed by atoms with Crippen LogP contribution < -0.4 is 10.6 Å². The Balaban J connectivity index is 1.93. The van der Waals surface area contributed by atoms with Gasteiger partial charge in [-0.1, -0.05) is 0 Å². The highest BCUT2D eigenvalue weighted by molar-refractivity contribution is 5.75. The Hall–Kier alpha value is -1.62. The minimum absolute atomic E-state index is 0.00265. The highest BCUT2D eigenvalue weighted by Gasteiger charge is 2.46. The normalized spacial score (nSPS) is 24.3. The lowest BCUT2D eigenvalue weighted by Crippen LogP contribution is -2.50. The summed E-state index contributed by atoms with van der Waals surface area (Å²) in [5, 5.41) is 5.99. The van der Waals surface area contributed by atoms with E-state index in [1.165, 1.54) is 0 Å². The van der Waals surface area contributed by atoms with Gasteiger partial charge in [-0.05, 0) is 58.7 Å². The summed E-state index contributed by atoms with van der Waals surface area (Å²) in [7, 11) is 0. The van der Waals surface area contributed by atoms with E-state index in [1.54, 1.807) is 12.4 Å². The quantitative estimate of drug-likeness (QED) is 0.900. The fraction of sp³-hybridized carbons (Fsp3) is 0.625. The summed E-state index contributed by atoms with van der Waals surface area (Å²) in [6.45, 7) is 10.1. The lowest BCUT2D eigenvalue weighted by atomic mass is 9.94. The molecule has 116 valence electrons. The van der Waals surface area contributed by atoms with Crippen molar-refractivity contribution < 1.29 is 9.53 Å².